The van der Waals surface area contributed by atoms with Crippen LogP contribution in [0.5, 0.6) is 0 Å². The summed E-state index contributed by atoms with van der Waals surface area (Å²) < 4.78 is 0. The van der Waals surface area contributed by atoms with Crippen LogP contribution in [0.15, 0.2) is 0 Å². The highest BCUT2D eigenvalue weighted by Gasteiger charge is 2.34. The van der Waals surface area contributed by atoms with Crippen molar-refractivity contribution in [1.29, 1.82) is 0 Å². The molecule has 0 aromatic carbocycles. The van der Waals surface area contributed by atoms with Crippen molar-refractivity contribution in [2.45, 2.75) is 65.3 Å². The lowest BCUT2D eigenvalue weighted by Crippen LogP contribution is -2.49. The summed E-state index contributed by atoms with van der Waals surface area (Å²) in [5.74, 6) is 0.927. The number of rotatable bonds is 4. The lowest BCUT2D eigenvalue weighted by Gasteiger charge is -2.45. The van der Waals surface area contributed by atoms with Gasteiger partial charge in [0.2, 0.25) is 0 Å². The molecule has 0 heterocycles. The summed E-state index contributed by atoms with van der Waals surface area (Å²) in [4.78, 5) is 2.63. The molecule has 0 atom stereocenters. The largest absolute Gasteiger partial charge is 0.298 e. The van der Waals surface area contributed by atoms with Crippen molar-refractivity contribution < 1.29 is 0 Å². The number of hydrogen-bond acceptors (Lipinski definition) is 1. The van der Waals surface area contributed by atoms with E-state index in [0.717, 1.165) is 5.92 Å². The van der Waals surface area contributed by atoms with Crippen LogP contribution in [0.1, 0.15) is 59.8 Å². The molecule has 1 saturated carbocycles. The molecule has 0 bridgehead atoms. The summed E-state index contributed by atoms with van der Waals surface area (Å²) in [6, 6.07) is 0. The van der Waals surface area contributed by atoms with Gasteiger partial charge in [-0.2, -0.15) is 0 Å². The first-order chi connectivity index (χ1) is 6.62. The maximum atomic E-state index is 2.63. The number of hydrogen-bond donors (Lipinski definition) is 0. The van der Waals surface area contributed by atoms with Crippen molar-refractivity contribution in [1.82, 2.24) is 4.90 Å². The zero-order valence-electron chi connectivity index (χ0n) is 10.5. The molecule has 0 saturated heterocycles. The molecule has 1 aliphatic rings. The van der Waals surface area contributed by atoms with Crippen LogP contribution in [0.2, 0.25) is 0 Å². The highest BCUT2D eigenvalue weighted by Crippen LogP contribution is 2.35. The standard InChI is InChI=1S/C13H27N/c1-5-14(6-2)13(3,4)12-10-8-7-9-11-12/h12H,5-11H2,1-4H3. The maximum absolute atomic E-state index is 2.63. The van der Waals surface area contributed by atoms with E-state index in [0.29, 0.717) is 5.54 Å². The third-order valence-electron chi connectivity index (χ3n) is 4.18. The van der Waals surface area contributed by atoms with Gasteiger partial charge in [0.1, 0.15) is 0 Å². The molecule has 0 unspecified atom stereocenters. The predicted molar refractivity (Wildman–Crippen MR) is 63.6 cm³/mol. The molecule has 14 heavy (non-hydrogen) atoms. The fourth-order valence-electron chi connectivity index (χ4n) is 3.11. The van der Waals surface area contributed by atoms with Crippen LogP contribution in [0.4, 0.5) is 0 Å². The van der Waals surface area contributed by atoms with Crippen LogP contribution < -0.4 is 0 Å². The molecule has 0 spiro atoms. The third-order valence-corrected chi connectivity index (χ3v) is 4.18. The first kappa shape index (κ1) is 12.0. The average Bonchev–Trinajstić information content (AvgIpc) is 2.20. The van der Waals surface area contributed by atoms with E-state index in [2.05, 4.69) is 32.6 Å². The van der Waals surface area contributed by atoms with Crippen LogP contribution in [-0.4, -0.2) is 23.5 Å². The summed E-state index contributed by atoms with van der Waals surface area (Å²) in [6.45, 7) is 11.8. The maximum Gasteiger partial charge on any atom is 0.0181 e. The Hall–Kier alpha value is -0.0400. The molecule has 84 valence electrons. The van der Waals surface area contributed by atoms with E-state index < -0.39 is 0 Å². The number of nitrogens with zero attached hydrogens (tertiary/aromatic N) is 1. The van der Waals surface area contributed by atoms with Gasteiger partial charge in [-0.25, -0.2) is 0 Å². The molecule has 0 amide bonds. The molecule has 0 radical (unpaired) electrons. The molecule has 0 aromatic heterocycles. The minimum absolute atomic E-state index is 0.421. The van der Waals surface area contributed by atoms with Crippen molar-refractivity contribution in [3.05, 3.63) is 0 Å². The Morgan fingerprint density at radius 3 is 1.93 bits per heavy atom. The van der Waals surface area contributed by atoms with Gasteiger partial charge >= 0.3 is 0 Å². The average molecular weight is 197 g/mol. The van der Waals surface area contributed by atoms with Crippen molar-refractivity contribution in [3.63, 3.8) is 0 Å². The Kier molecular flexibility index (Phi) is 4.43. The lowest BCUT2D eigenvalue weighted by molar-refractivity contribution is 0.0527. The van der Waals surface area contributed by atoms with Gasteiger partial charge in [0.15, 0.2) is 0 Å². The topological polar surface area (TPSA) is 3.24 Å². The third kappa shape index (κ3) is 2.50. The Labute approximate surface area is 89.9 Å². The van der Waals surface area contributed by atoms with E-state index in [1.54, 1.807) is 0 Å². The summed E-state index contributed by atoms with van der Waals surface area (Å²) in [5, 5.41) is 0. The zero-order chi connectivity index (χ0) is 10.6. The Morgan fingerprint density at radius 1 is 1.00 bits per heavy atom. The van der Waals surface area contributed by atoms with E-state index in [9.17, 15) is 0 Å². The fraction of sp³-hybridized carbons (Fsp3) is 1.00. The van der Waals surface area contributed by atoms with Crippen LogP contribution in [0, 0.1) is 5.92 Å². The molecular formula is C13H27N. The van der Waals surface area contributed by atoms with Gasteiger partial charge in [0, 0.05) is 5.54 Å². The minimum Gasteiger partial charge on any atom is -0.298 e. The Morgan fingerprint density at radius 2 is 1.50 bits per heavy atom. The van der Waals surface area contributed by atoms with Gasteiger partial charge in [-0.05, 0) is 45.7 Å². The summed E-state index contributed by atoms with van der Waals surface area (Å²) in [6.07, 6.45) is 7.27. The second-order valence-electron chi connectivity index (χ2n) is 5.16. The molecule has 0 aliphatic heterocycles. The fourth-order valence-corrected chi connectivity index (χ4v) is 3.11. The van der Waals surface area contributed by atoms with Crippen LogP contribution in [0.3, 0.4) is 0 Å². The molecular weight excluding hydrogens is 170 g/mol. The van der Waals surface area contributed by atoms with E-state index in [4.69, 9.17) is 0 Å². The summed E-state index contributed by atoms with van der Waals surface area (Å²) in [7, 11) is 0. The zero-order valence-corrected chi connectivity index (χ0v) is 10.5. The van der Waals surface area contributed by atoms with E-state index >= 15 is 0 Å². The van der Waals surface area contributed by atoms with Crippen molar-refractivity contribution >= 4 is 0 Å². The Balaban J connectivity index is 2.60. The van der Waals surface area contributed by atoms with Gasteiger partial charge in [-0.15, -0.1) is 0 Å². The molecule has 1 aliphatic carbocycles. The van der Waals surface area contributed by atoms with Gasteiger partial charge < -0.3 is 0 Å². The van der Waals surface area contributed by atoms with Gasteiger partial charge in [-0.1, -0.05) is 33.1 Å². The van der Waals surface area contributed by atoms with Crippen molar-refractivity contribution in [3.8, 4) is 0 Å². The first-order valence-electron chi connectivity index (χ1n) is 6.38. The SMILES string of the molecule is CCN(CC)C(C)(C)C1CCCCC1. The normalized spacial score (nSPS) is 20.4. The summed E-state index contributed by atoms with van der Waals surface area (Å²) in [5.41, 5.74) is 0.421. The van der Waals surface area contributed by atoms with Gasteiger partial charge in [0.25, 0.3) is 0 Å². The predicted octanol–water partition coefficient (Wildman–Crippen LogP) is 3.69. The second-order valence-corrected chi connectivity index (χ2v) is 5.16. The molecule has 0 aromatic rings. The highest BCUT2D eigenvalue weighted by molar-refractivity contribution is 4.89. The van der Waals surface area contributed by atoms with Crippen molar-refractivity contribution in [2.75, 3.05) is 13.1 Å². The van der Waals surface area contributed by atoms with Crippen molar-refractivity contribution in [2.24, 2.45) is 5.92 Å². The molecule has 1 fully saturated rings. The van der Waals surface area contributed by atoms with E-state index in [1.165, 1.54) is 45.2 Å². The first-order valence-corrected chi connectivity index (χ1v) is 6.38. The van der Waals surface area contributed by atoms with Gasteiger partial charge in [-0.3, -0.25) is 4.90 Å². The van der Waals surface area contributed by atoms with E-state index in [1.807, 2.05) is 0 Å². The summed E-state index contributed by atoms with van der Waals surface area (Å²) >= 11 is 0. The molecule has 1 nitrogen and oxygen atoms in total. The van der Waals surface area contributed by atoms with Gasteiger partial charge in [0.05, 0.1) is 0 Å². The lowest BCUT2D eigenvalue weighted by atomic mass is 9.75. The van der Waals surface area contributed by atoms with Crippen LogP contribution in [0.25, 0.3) is 0 Å². The molecule has 1 heteroatoms. The minimum atomic E-state index is 0.421. The Bertz CT molecular complexity index is 153. The monoisotopic (exact) mass is 197 g/mol. The molecule has 0 N–H and O–H groups in total. The van der Waals surface area contributed by atoms with E-state index in [-0.39, 0.29) is 0 Å². The highest BCUT2D eigenvalue weighted by atomic mass is 15.2. The second kappa shape index (κ2) is 5.16. The molecule has 1 rings (SSSR count). The quantitative estimate of drug-likeness (QED) is 0.664. The van der Waals surface area contributed by atoms with Crippen LogP contribution in [-0.2, 0) is 0 Å². The van der Waals surface area contributed by atoms with Crippen LogP contribution >= 0.6 is 0 Å². The smallest absolute Gasteiger partial charge is 0.0181 e.